The zero-order valence-electron chi connectivity index (χ0n) is 8.57. The lowest BCUT2D eigenvalue weighted by molar-refractivity contribution is 0.187. The normalized spacial score (nSPS) is 14.1. The molecular weight excluding hydrogens is 197 g/mol. The third-order valence-corrected chi connectivity index (χ3v) is 1.91. The predicted octanol–water partition coefficient (Wildman–Crippen LogP) is 2.17. The second-order valence-corrected chi connectivity index (χ2v) is 3.25. The average Bonchev–Trinajstić information content (AvgIpc) is 2.17. The monoisotopic (exact) mass is 209 g/mol. The molecule has 0 saturated carbocycles. The van der Waals surface area contributed by atoms with E-state index < -0.39 is 18.0 Å². The van der Waals surface area contributed by atoms with Gasteiger partial charge in [0.05, 0.1) is 6.10 Å². The van der Waals surface area contributed by atoms with E-state index in [2.05, 4.69) is 0 Å². The fraction of sp³-hybridized carbons (Fsp3) is 0.364. The summed E-state index contributed by atoms with van der Waals surface area (Å²) in [5.74, 6) is -0.251. The number of benzene rings is 1. The smallest absolute Gasteiger partial charge is 0.181 e. The molecule has 1 rings (SSSR count). The number of aliphatic hydroxyl groups excluding tert-OH is 1. The van der Waals surface area contributed by atoms with E-state index in [4.69, 9.17) is 10.00 Å². The third-order valence-electron chi connectivity index (χ3n) is 1.91. The topological polar surface area (TPSA) is 53.2 Å². The van der Waals surface area contributed by atoms with E-state index in [1.165, 1.54) is 12.1 Å². The first-order chi connectivity index (χ1) is 7.04. The van der Waals surface area contributed by atoms with E-state index in [9.17, 15) is 9.50 Å². The van der Waals surface area contributed by atoms with E-state index in [0.29, 0.717) is 5.56 Å². The van der Waals surface area contributed by atoms with Gasteiger partial charge in [0.25, 0.3) is 0 Å². The quantitative estimate of drug-likeness (QED) is 0.830. The first-order valence-electron chi connectivity index (χ1n) is 4.58. The van der Waals surface area contributed by atoms with Crippen LogP contribution in [0, 0.1) is 17.1 Å². The number of aliphatic hydroxyl groups is 1. The molecular formula is C11H12FNO2. The predicted molar refractivity (Wildman–Crippen MR) is 52.7 cm³/mol. The number of nitrogens with zero attached hydrogens (tertiary/aromatic N) is 1. The molecule has 0 aromatic heterocycles. The standard InChI is InChI=1S/C11H12FNO2/c1-7(6-13)15-11-5-9(12)3-4-10(11)8(2)14/h3-5,7-8,14H,1-2H3. The zero-order chi connectivity index (χ0) is 11.4. The summed E-state index contributed by atoms with van der Waals surface area (Å²) in [6.45, 7) is 3.11. The van der Waals surface area contributed by atoms with Gasteiger partial charge in [-0.15, -0.1) is 0 Å². The van der Waals surface area contributed by atoms with Crippen molar-refractivity contribution in [2.75, 3.05) is 0 Å². The highest BCUT2D eigenvalue weighted by molar-refractivity contribution is 5.35. The van der Waals surface area contributed by atoms with E-state index in [1.54, 1.807) is 13.8 Å². The number of hydrogen-bond acceptors (Lipinski definition) is 3. The minimum Gasteiger partial charge on any atom is -0.475 e. The maximum absolute atomic E-state index is 12.9. The molecule has 3 nitrogen and oxygen atoms in total. The summed E-state index contributed by atoms with van der Waals surface area (Å²) in [6.07, 6.45) is -1.43. The van der Waals surface area contributed by atoms with Crippen LogP contribution in [0.15, 0.2) is 18.2 Å². The number of rotatable bonds is 3. The number of hydrogen-bond donors (Lipinski definition) is 1. The van der Waals surface area contributed by atoms with Crippen LogP contribution >= 0.6 is 0 Å². The molecule has 0 heterocycles. The van der Waals surface area contributed by atoms with Crippen molar-refractivity contribution in [3.63, 3.8) is 0 Å². The first-order valence-corrected chi connectivity index (χ1v) is 4.58. The Morgan fingerprint density at radius 1 is 1.47 bits per heavy atom. The average molecular weight is 209 g/mol. The Kier molecular flexibility index (Phi) is 3.64. The van der Waals surface area contributed by atoms with Crippen LogP contribution in [0.1, 0.15) is 25.5 Å². The van der Waals surface area contributed by atoms with Gasteiger partial charge < -0.3 is 9.84 Å². The molecule has 2 atom stereocenters. The Hall–Kier alpha value is -1.60. The summed E-state index contributed by atoms with van der Waals surface area (Å²) in [7, 11) is 0. The molecule has 15 heavy (non-hydrogen) atoms. The highest BCUT2D eigenvalue weighted by atomic mass is 19.1. The molecule has 0 fully saturated rings. The first kappa shape index (κ1) is 11.5. The summed E-state index contributed by atoms with van der Waals surface area (Å²) < 4.78 is 18.1. The van der Waals surface area contributed by atoms with Gasteiger partial charge in [0, 0.05) is 11.6 Å². The summed E-state index contributed by atoms with van der Waals surface area (Å²) in [5.41, 5.74) is 0.471. The van der Waals surface area contributed by atoms with Crippen molar-refractivity contribution < 1.29 is 14.2 Å². The highest BCUT2D eigenvalue weighted by Gasteiger charge is 2.12. The van der Waals surface area contributed by atoms with Crippen LogP contribution in [0.2, 0.25) is 0 Å². The molecule has 0 aliphatic carbocycles. The van der Waals surface area contributed by atoms with Crippen molar-refractivity contribution in [1.82, 2.24) is 0 Å². The van der Waals surface area contributed by atoms with Gasteiger partial charge in [-0.1, -0.05) is 0 Å². The Balaban J connectivity index is 3.03. The second-order valence-electron chi connectivity index (χ2n) is 3.25. The van der Waals surface area contributed by atoms with Gasteiger partial charge in [-0.25, -0.2) is 4.39 Å². The fourth-order valence-corrected chi connectivity index (χ4v) is 1.17. The summed E-state index contributed by atoms with van der Waals surface area (Å²) in [4.78, 5) is 0. The lowest BCUT2D eigenvalue weighted by Crippen LogP contribution is -2.10. The van der Waals surface area contributed by atoms with Crippen LogP contribution in [0.4, 0.5) is 4.39 Å². The molecule has 2 unspecified atom stereocenters. The lowest BCUT2D eigenvalue weighted by atomic mass is 10.1. The SMILES string of the molecule is CC(C#N)Oc1cc(F)ccc1C(C)O. The van der Waals surface area contributed by atoms with Crippen LogP contribution in [0.25, 0.3) is 0 Å². The van der Waals surface area contributed by atoms with Gasteiger partial charge in [-0.2, -0.15) is 5.26 Å². The third kappa shape index (κ3) is 2.93. The summed E-state index contributed by atoms with van der Waals surface area (Å²) >= 11 is 0. The number of halogens is 1. The molecule has 1 aromatic rings. The molecule has 0 radical (unpaired) electrons. The molecule has 0 aliphatic rings. The van der Waals surface area contributed by atoms with Crippen molar-refractivity contribution in [2.24, 2.45) is 0 Å². The maximum atomic E-state index is 12.9. The molecule has 0 spiro atoms. The molecule has 1 aromatic carbocycles. The van der Waals surface area contributed by atoms with Crippen LogP contribution in [0.5, 0.6) is 5.75 Å². The van der Waals surface area contributed by atoms with E-state index in [1.807, 2.05) is 6.07 Å². The van der Waals surface area contributed by atoms with Crippen LogP contribution in [-0.4, -0.2) is 11.2 Å². The Morgan fingerprint density at radius 2 is 2.13 bits per heavy atom. The van der Waals surface area contributed by atoms with Crippen molar-refractivity contribution in [1.29, 1.82) is 5.26 Å². The van der Waals surface area contributed by atoms with E-state index >= 15 is 0 Å². The van der Waals surface area contributed by atoms with Crippen LogP contribution < -0.4 is 4.74 Å². The van der Waals surface area contributed by atoms with Crippen molar-refractivity contribution in [2.45, 2.75) is 26.1 Å². The molecule has 0 amide bonds. The summed E-state index contributed by atoms with van der Waals surface area (Å²) in [5, 5.41) is 18.0. The molecule has 1 N–H and O–H groups in total. The lowest BCUT2D eigenvalue weighted by Gasteiger charge is -2.14. The zero-order valence-corrected chi connectivity index (χ0v) is 8.57. The van der Waals surface area contributed by atoms with Crippen LogP contribution in [0.3, 0.4) is 0 Å². The van der Waals surface area contributed by atoms with Crippen molar-refractivity contribution in [3.8, 4) is 11.8 Å². The highest BCUT2D eigenvalue weighted by Crippen LogP contribution is 2.26. The van der Waals surface area contributed by atoms with Gasteiger partial charge >= 0.3 is 0 Å². The van der Waals surface area contributed by atoms with Gasteiger partial charge in [0.1, 0.15) is 17.6 Å². The largest absolute Gasteiger partial charge is 0.475 e. The Bertz CT molecular complexity index is 385. The van der Waals surface area contributed by atoms with Gasteiger partial charge in [0.2, 0.25) is 0 Å². The van der Waals surface area contributed by atoms with Crippen molar-refractivity contribution >= 4 is 0 Å². The number of ether oxygens (including phenoxy) is 1. The minimum atomic E-state index is -0.758. The van der Waals surface area contributed by atoms with Gasteiger partial charge in [-0.3, -0.25) is 0 Å². The minimum absolute atomic E-state index is 0.207. The van der Waals surface area contributed by atoms with Crippen LogP contribution in [-0.2, 0) is 0 Å². The van der Waals surface area contributed by atoms with Gasteiger partial charge in [0.15, 0.2) is 6.10 Å². The van der Waals surface area contributed by atoms with E-state index in [0.717, 1.165) is 6.07 Å². The molecule has 0 bridgehead atoms. The number of nitriles is 1. The molecule has 0 saturated heterocycles. The molecule has 4 heteroatoms. The Morgan fingerprint density at radius 3 is 2.67 bits per heavy atom. The van der Waals surface area contributed by atoms with E-state index in [-0.39, 0.29) is 5.75 Å². The van der Waals surface area contributed by atoms with Gasteiger partial charge in [-0.05, 0) is 26.0 Å². The summed E-state index contributed by atoms with van der Waals surface area (Å²) in [6, 6.07) is 5.72. The Labute approximate surface area is 87.7 Å². The van der Waals surface area contributed by atoms with Crippen molar-refractivity contribution in [3.05, 3.63) is 29.6 Å². The second kappa shape index (κ2) is 4.76. The maximum Gasteiger partial charge on any atom is 0.181 e. The fourth-order valence-electron chi connectivity index (χ4n) is 1.17. The molecule has 0 aliphatic heterocycles. The molecule has 80 valence electrons.